The Morgan fingerprint density at radius 3 is 2.60 bits per heavy atom. The molecular formula is C22H20ClN7. The quantitative estimate of drug-likeness (QED) is 0.513. The summed E-state index contributed by atoms with van der Waals surface area (Å²) in [6, 6.07) is 11.6. The van der Waals surface area contributed by atoms with Crippen LogP contribution >= 0.6 is 11.6 Å². The predicted molar refractivity (Wildman–Crippen MR) is 118 cm³/mol. The summed E-state index contributed by atoms with van der Waals surface area (Å²) < 4.78 is 1.70. The summed E-state index contributed by atoms with van der Waals surface area (Å²) in [5.74, 6) is 0.419. The summed E-state index contributed by atoms with van der Waals surface area (Å²) in [6.45, 7) is 6.00. The van der Waals surface area contributed by atoms with Crippen molar-refractivity contribution in [3.8, 4) is 28.7 Å². The van der Waals surface area contributed by atoms with Gasteiger partial charge in [0.15, 0.2) is 11.5 Å². The van der Waals surface area contributed by atoms with E-state index in [9.17, 15) is 5.26 Å². The van der Waals surface area contributed by atoms with E-state index in [2.05, 4.69) is 26.5 Å². The first-order valence-electron chi connectivity index (χ1n) is 9.40. The van der Waals surface area contributed by atoms with E-state index in [4.69, 9.17) is 16.6 Å². The van der Waals surface area contributed by atoms with Gasteiger partial charge in [-0.3, -0.25) is 9.67 Å². The largest absolute Gasteiger partial charge is 0.363 e. The van der Waals surface area contributed by atoms with E-state index in [1.807, 2.05) is 58.3 Å². The number of fused-ring (bicyclic) bond motifs is 1. The Bertz CT molecular complexity index is 1300. The maximum atomic E-state index is 9.73. The zero-order valence-corrected chi connectivity index (χ0v) is 17.9. The second kappa shape index (κ2) is 7.39. The van der Waals surface area contributed by atoms with Crippen molar-refractivity contribution in [1.82, 2.24) is 24.7 Å². The summed E-state index contributed by atoms with van der Waals surface area (Å²) in [5.41, 5.74) is 3.14. The van der Waals surface area contributed by atoms with Crippen LogP contribution in [-0.2, 0) is 7.05 Å². The molecule has 30 heavy (non-hydrogen) atoms. The number of nitrogens with one attached hydrogen (secondary N) is 1. The van der Waals surface area contributed by atoms with Gasteiger partial charge in [-0.15, -0.1) is 0 Å². The van der Waals surface area contributed by atoms with E-state index < -0.39 is 0 Å². The van der Waals surface area contributed by atoms with Gasteiger partial charge in [-0.2, -0.15) is 10.4 Å². The van der Waals surface area contributed by atoms with Crippen LogP contribution in [0.15, 0.2) is 42.7 Å². The number of aryl methyl sites for hydroxylation is 1. The van der Waals surface area contributed by atoms with E-state index in [1.54, 1.807) is 16.9 Å². The third-order valence-electron chi connectivity index (χ3n) is 4.38. The van der Waals surface area contributed by atoms with Crippen LogP contribution in [0.25, 0.3) is 33.5 Å². The maximum Gasteiger partial charge on any atom is 0.183 e. The number of rotatable bonds is 3. The molecule has 1 N–H and O–H groups in total. The summed E-state index contributed by atoms with van der Waals surface area (Å²) in [5, 5.41) is 18.9. The van der Waals surface area contributed by atoms with Gasteiger partial charge < -0.3 is 5.32 Å². The smallest absolute Gasteiger partial charge is 0.183 e. The van der Waals surface area contributed by atoms with E-state index >= 15 is 0 Å². The molecule has 4 rings (SSSR count). The molecule has 0 spiro atoms. The highest BCUT2D eigenvalue weighted by Crippen LogP contribution is 2.35. The average Bonchev–Trinajstić information content (AvgIpc) is 3.12. The van der Waals surface area contributed by atoms with Crippen molar-refractivity contribution in [3.05, 3.63) is 53.4 Å². The summed E-state index contributed by atoms with van der Waals surface area (Å²) in [4.78, 5) is 13.8. The number of anilines is 1. The molecule has 0 aliphatic carbocycles. The van der Waals surface area contributed by atoms with E-state index in [0.29, 0.717) is 33.4 Å². The van der Waals surface area contributed by atoms with Crippen molar-refractivity contribution in [2.24, 2.45) is 7.05 Å². The molecule has 7 nitrogen and oxygen atoms in total. The summed E-state index contributed by atoms with van der Waals surface area (Å²) >= 11 is 6.50. The predicted octanol–water partition coefficient (Wildman–Crippen LogP) is 4.83. The minimum absolute atomic E-state index is 0.210. The fraction of sp³-hybridized carbons (Fsp3) is 0.227. The van der Waals surface area contributed by atoms with Crippen LogP contribution in [0.4, 0.5) is 5.82 Å². The minimum atomic E-state index is -0.291. The molecule has 0 amide bonds. The van der Waals surface area contributed by atoms with E-state index in [-0.39, 0.29) is 11.2 Å². The molecule has 8 heteroatoms. The highest BCUT2D eigenvalue weighted by atomic mass is 35.5. The number of nitriles is 1. The maximum absolute atomic E-state index is 9.73. The van der Waals surface area contributed by atoms with Gasteiger partial charge in [0.25, 0.3) is 0 Å². The number of hydrogen-bond acceptors (Lipinski definition) is 6. The van der Waals surface area contributed by atoms with Crippen molar-refractivity contribution in [1.29, 1.82) is 5.26 Å². The first-order chi connectivity index (χ1) is 14.2. The Kier molecular flexibility index (Phi) is 4.88. The molecule has 0 unspecified atom stereocenters. The second-order valence-corrected chi connectivity index (χ2v) is 8.42. The fourth-order valence-corrected chi connectivity index (χ4v) is 3.44. The first-order valence-corrected chi connectivity index (χ1v) is 9.78. The molecule has 0 aliphatic rings. The van der Waals surface area contributed by atoms with Gasteiger partial charge in [0.1, 0.15) is 23.2 Å². The summed E-state index contributed by atoms with van der Waals surface area (Å²) in [6.07, 6.45) is 3.54. The van der Waals surface area contributed by atoms with Crippen LogP contribution in [-0.4, -0.2) is 30.3 Å². The second-order valence-electron chi connectivity index (χ2n) is 8.01. The Hall–Kier alpha value is -3.50. The van der Waals surface area contributed by atoms with Gasteiger partial charge in [0.05, 0.1) is 10.5 Å². The SMILES string of the molecule is Cn1ccc(-c2nc(NC(C)(C)C)c(C#N)nc2-c2cc(Cl)c3ncccc3c2)n1. The molecule has 150 valence electrons. The van der Waals surface area contributed by atoms with Crippen LogP contribution in [0.3, 0.4) is 0 Å². The van der Waals surface area contributed by atoms with Crippen molar-refractivity contribution < 1.29 is 0 Å². The zero-order chi connectivity index (χ0) is 21.5. The Labute approximate surface area is 179 Å². The molecule has 3 aromatic heterocycles. The van der Waals surface area contributed by atoms with Crippen LogP contribution in [0.5, 0.6) is 0 Å². The molecule has 0 radical (unpaired) electrons. The molecule has 0 aliphatic heterocycles. The number of halogens is 1. The lowest BCUT2D eigenvalue weighted by Gasteiger charge is -2.22. The molecule has 4 aromatic rings. The van der Waals surface area contributed by atoms with Gasteiger partial charge in [0.2, 0.25) is 0 Å². The lowest BCUT2D eigenvalue weighted by molar-refractivity contribution is 0.629. The fourth-order valence-electron chi connectivity index (χ4n) is 3.16. The lowest BCUT2D eigenvalue weighted by atomic mass is 10.0. The van der Waals surface area contributed by atoms with Crippen molar-refractivity contribution in [2.75, 3.05) is 5.32 Å². The number of benzene rings is 1. The third kappa shape index (κ3) is 3.82. The third-order valence-corrected chi connectivity index (χ3v) is 4.67. The lowest BCUT2D eigenvalue weighted by Crippen LogP contribution is -2.27. The van der Waals surface area contributed by atoms with Gasteiger partial charge in [-0.1, -0.05) is 17.7 Å². The van der Waals surface area contributed by atoms with Gasteiger partial charge in [-0.25, -0.2) is 9.97 Å². The Balaban J connectivity index is 2.00. The number of aromatic nitrogens is 5. The number of hydrogen-bond donors (Lipinski definition) is 1. The van der Waals surface area contributed by atoms with Crippen LogP contribution in [0, 0.1) is 11.3 Å². The van der Waals surface area contributed by atoms with Crippen molar-refractivity contribution in [2.45, 2.75) is 26.3 Å². The van der Waals surface area contributed by atoms with Crippen molar-refractivity contribution >= 4 is 28.3 Å². The average molecular weight is 418 g/mol. The molecule has 0 saturated carbocycles. The van der Waals surface area contributed by atoms with E-state index in [1.165, 1.54) is 0 Å². The molecule has 0 saturated heterocycles. The normalized spacial score (nSPS) is 11.5. The first kappa shape index (κ1) is 19.8. The van der Waals surface area contributed by atoms with E-state index in [0.717, 1.165) is 10.9 Å². The highest BCUT2D eigenvalue weighted by Gasteiger charge is 2.22. The van der Waals surface area contributed by atoms with Crippen molar-refractivity contribution in [3.63, 3.8) is 0 Å². The molecule has 0 atom stereocenters. The van der Waals surface area contributed by atoms with Crippen LogP contribution in [0.2, 0.25) is 5.02 Å². The Morgan fingerprint density at radius 2 is 1.93 bits per heavy atom. The Morgan fingerprint density at radius 1 is 1.13 bits per heavy atom. The van der Waals surface area contributed by atoms with Gasteiger partial charge >= 0.3 is 0 Å². The number of pyridine rings is 1. The molecule has 0 bridgehead atoms. The number of nitrogens with zero attached hydrogens (tertiary/aromatic N) is 6. The standard InChI is InChI=1S/C22H20ClN7/c1-22(2,3)28-21-17(12-24)26-19(20(27-21)16-7-9-30(4)29-16)14-10-13-6-5-8-25-18(13)15(23)11-14/h5-11H,1-4H3,(H,27,28). The van der Waals surface area contributed by atoms with Gasteiger partial charge in [0, 0.05) is 35.9 Å². The van der Waals surface area contributed by atoms with Gasteiger partial charge in [-0.05, 0) is 45.0 Å². The van der Waals surface area contributed by atoms with Crippen LogP contribution in [0.1, 0.15) is 26.5 Å². The van der Waals surface area contributed by atoms with Crippen LogP contribution < -0.4 is 5.32 Å². The zero-order valence-electron chi connectivity index (χ0n) is 17.1. The topological polar surface area (TPSA) is 92.3 Å². The molecule has 0 fully saturated rings. The molecular weight excluding hydrogens is 398 g/mol. The minimum Gasteiger partial charge on any atom is -0.363 e. The molecule has 1 aromatic carbocycles. The monoisotopic (exact) mass is 417 g/mol. The molecule has 3 heterocycles. The summed E-state index contributed by atoms with van der Waals surface area (Å²) in [7, 11) is 1.84. The highest BCUT2D eigenvalue weighted by molar-refractivity contribution is 6.35.